The van der Waals surface area contributed by atoms with Crippen molar-refractivity contribution < 1.29 is 13.2 Å². The molecule has 1 N–H and O–H groups in total. The Morgan fingerprint density at radius 3 is 2.61 bits per heavy atom. The number of hydrogen-bond donors (Lipinski definition) is 1. The molecule has 1 fully saturated rings. The zero-order valence-corrected chi connectivity index (χ0v) is 17.8. The number of carbonyl (C=O) groups is 1. The standard InChI is InChI=1S/C21H29N3O3S/c1-14(2)7-9-22-21(25)19-12-20(17-6-5-15(3)16(4)11-17)24(23-19)18-8-10-28(26,27)13-18/h5-6,11-12,14,18H,7-10,13H2,1-4H3,(H,22,25)/t18-/m1/s1. The van der Waals surface area contributed by atoms with Gasteiger partial charge < -0.3 is 5.32 Å². The topological polar surface area (TPSA) is 81.1 Å². The molecule has 3 rings (SSSR count). The van der Waals surface area contributed by atoms with E-state index in [0.717, 1.165) is 23.2 Å². The van der Waals surface area contributed by atoms with Gasteiger partial charge in [-0.1, -0.05) is 26.0 Å². The van der Waals surface area contributed by atoms with Crippen LogP contribution in [0.15, 0.2) is 24.3 Å². The van der Waals surface area contributed by atoms with Crippen molar-refractivity contribution in [3.05, 3.63) is 41.1 Å². The molecule has 2 heterocycles. The Hall–Kier alpha value is -2.15. The van der Waals surface area contributed by atoms with Crippen molar-refractivity contribution in [3.63, 3.8) is 0 Å². The summed E-state index contributed by atoms with van der Waals surface area (Å²) in [4.78, 5) is 12.6. The van der Waals surface area contributed by atoms with Crippen LogP contribution >= 0.6 is 0 Å². The molecule has 0 unspecified atom stereocenters. The van der Waals surface area contributed by atoms with Crippen LogP contribution < -0.4 is 5.32 Å². The van der Waals surface area contributed by atoms with Gasteiger partial charge in [-0.05, 0) is 55.9 Å². The first-order valence-electron chi connectivity index (χ1n) is 9.82. The zero-order valence-electron chi connectivity index (χ0n) is 17.0. The largest absolute Gasteiger partial charge is 0.351 e. The highest BCUT2D eigenvalue weighted by atomic mass is 32.2. The number of aryl methyl sites for hydroxylation is 2. The van der Waals surface area contributed by atoms with Crippen molar-refractivity contribution >= 4 is 15.7 Å². The van der Waals surface area contributed by atoms with Gasteiger partial charge in [0.2, 0.25) is 0 Å². The van der Waals surface area contributed by atoms with Gasteiger partial charge >= 0.3 is 0 Å². The predicted octanol–water partition coefficient (Wildman–Crippen LogP) is 3.30. The van der Waals surface area contributed by atoms with Crippen molar-refractivity contribution in [3.8, 4) is 11.3 Å². The molecule has 152 valence electrons. The Balaban J connectivity index is 1.95. The zero-order chi connectivity index (χ0) is 20.5. The minimum atomic E-state index is -3.05. The normalized spacial score (nSPS) is 18.5. The quantitative estimate of drug-likeness (QED) is 0.802. The van der Waals surface area contributed by atoms with Crippen LogP contribution in [-0.4, -0.2) is 42.2 Å². The van der Waals surface area contributed by atoms with Crippen LogP contribution in [-0.2, 0) is 9.84 Å². The number of nitrogens with one attached hydrogen (secondary N) is 1. The smallest absolute Gasteiger partial charge is 0.271 e. The Morgan fingerprint density at radius 2 is 2.00 bits per heavy atom. The first-order valence-corrected chi connectivity index (χ1v) is 11.6. The van der Waals surface area contributed by atoms with E-state index in [1.165, 1.54) is 5.56 Å². The first kappa shape index (κ1) is 20.6. The maximum atomic E-state index is 12.6. The molecular formula is C21H29N3O3S. The lowest BCUT2D eigenvalue weighted by molar-refractivity contribution is 0.0946. The third-order valence-corrected chi connectivity index (χ3v) is 7.08. The van der Waals surface area contributed by atoms with E-state index in [1.807, 2.05) is 26.0 Å². The molecule has 1 aliphatic heterocycles. The maximum Gasteiger partial charge on any atom is 0.271 e. The summed E-state index contributed by atoms with van der Waals surface area (Å²) in [5.74, 6) is 0.527. The van der Waals surface area contributed by atoms with Crippen LogP contribution in [0.2, 0.25) is 0 Å². The summed E-state index contributed by atoms with van der Waals surface area (Å²) in [6.45, 7) is 8.91. The second-order valence-corrected chi connectivity index (χ2v) is 10.4. The van der Waals surface area contributed by atoms with Gasteiger partial charge in [0.1, 0.15) is 0 Å². The third-order valence-electron chi connectivity index (χ3n) is 5.33. The van der Waals surface area contributed by atoms with Crippen LogP contribution in [0, 0.1) is 19.8 Å². The number of aromatic nitrogens is 2. The number of carbonyl (C=O) groups excluding carboxylic acids is 1. The molecule has 0 spiro atoms. The number of hydrogen-bond acceptors (Lipinski definition) is 4. The molecule has 1 saturated heterocycles. The fourth-order valence-corrected chi connectivity index (χ4v) is 5.13. The Kier molecular flexibility index (Phi) is 5.93. The second-order valence-electron chi connectivity index (χ2n) is 8.15. The first-order chi connectivity index (χ1) is 13.2. The second kappa shape index (κ2) is 8.07. The van der Waals surface area contributed by atoms with Gasteiger partial charge in [-0.3, -0.25) is 9.48 Å². The summed E-state index contributed by atoms with van der Waals surface area (Å²) in [5, 5.41) is 7.44. The summed E-state index contributed by atoms with van der Waals surface area (Å²) in [7, 11) is -3.05. The third kappa shape index (κ3) is 4.63. The Morgan fingerprint density at radius 1 is 1.25 bits per heavy atom. The predicted molar refractivity (Wildman–Crippen MR) is 111 cm³/mol. The highest BCUT2D eigenvalue weighted by Gasteiger charge is 2.32. The van der Waals surface area contributed by atoms with Crippen molar-refractivity contribution in [1.82, 2.24) is 15.1 Å². The molecule has 2 aromatic rings. The van der Waals surface area contributed by atoms with Crippen LogP contribution in [0.1, 0.15) is 54.3 Å². The van der Waals surface area contributed by atoms with Crippen molar-refractivity contribution in [2.45, 2.75) is 46.6 Å². The molecule has 1 amide bonds. The molecule has 7 heteroatoms. The maximum absolute atomic E-state index is 12.6. The lowest BCUT2D eigenvalue weighted by atomic mass is 10.0. The van der Waals surface area contributed by atoms with Gasteiger partial charge in [-0.2, -0.15) is 5.10 Å². The molecule has 0 aliphatic carbocycles. The average molecular weight is 404 g/mol. The lowest BCUT2D eigenvalue weighted by Gasteiger charge is -2.14. The van der Waals surface area contributed by atoms with Crippen LogP contribution in [0.3, 0.4) is 0 Å². The van der Waals surface area contributed by atoms with E-state index < -0.39 is 9.84 Å². The highest BCUT2D eigenvalue weighted by Crippen LogP contribution is 2.31. The minimum Gasteiger partial charge on any atom is -0.351 e. The van der Waals surface area contributed by atoms with E-state index in [4.69, 9.17) is 0 Å². The molecule has 1 aromatic carbocycles. The number of rotatable bonds is 6. The van der Waals surface area contributed by atoms with Gasteiger partial charge in [0.25, 0.3) is 5.91 Å². The van der Waals surface area contributed by atoms with E-state index in [9.17, 15) is 13.2 Å². The molecule has 0 saturated carbocycles. The van der Waals surface area contributed by atoms with Crippen LogP contribution in [0.25, 0.3) is 11.3 Å². The average Bonchev–Trinajstić information content (AvgIpc) is 3.20. The van der Waals surface area contributed by atoms with E-state index >= 15 is 0 Å². The molecule has 6 nitrogen and oxygen atoms in total. The molecule has 1 aromatic heterocycles. The molecular weight excluding hydrogens is 374 g/mol. The number of benzene rings is 1. The lowest BCUT2D eigenvalue weighted by Crippen LogP contribution is -2.26. The fourth-order valence-electron chi connectivity index (χ4n) is 3.43. The highest BCUT2D eigenvalue weighted by molar-refractivity contribution is 7.91. The fraction of sp³-hybridized carbons (Fsp3) is 0.524. The molecule has 0 radical (unpaired) electrons. The number of sulfone groups is 1. The summed E-state index contributed by atoms with van der Waals surface area (Å²) < 4.78 is 25.7. The molecule has 28 heavy (non-hydrogen) atoms. The van der Waals surface area contributed by atoms with E-state index in [-0.39, 0.29) is 23.5 Å². The van der Waals surface area contributed by atoms with Crippen molar-refractivity contribution in [2.75, 3.05) is 18.1 Å². The summed E-state index contributed by atoms with van der Waals surface area (Å²) >= 11 is 0. The van der Waals surface area contributed by atoms with Crippen molar-refractivity contribution in [1.29, 1.82) is 0 Å². The summed E-state index contributed by atoms with van der Waals surface area (Å²) in [5.41, 5.74) is 4.40. The van der Waals surface area contributed by atoms with Gasteiger partial charge in [-0.15, -0.1) is 0 Å². The van der Waals surface area contributed by atoms with Gasteiger partial charge in [-0.25, -0.2) is 8.42 Å². The summed E-state index contributed by atoms with van der Waals surface area (Å²) in [6.07, 6.45) is 1.42. The van der Waals surface area contributed by atoms with Gasteiger partial charge in [0.05, 0.1) is 23.2 Å². The van der Waals surface area contributed by atoms with Gasteiger partial charge in [0, 0.05) is 12.1 Å². The van der Waals surface area contributed by atoms with Gasteiger partial charge in [0.15, 0.2) is 15.5 Å². The number of amides is 1. The molecule has 0 bridgehead atoms. The SMILES string of the molecule is Cc1ccc(-c2cc(C(=O)NCCC(C)C)nn2[C@@H]2CCS(=O)(=O)C2)cc1C. The summed E-state index contributed by atoms with van der Waals surface area (Å²) in [6, 6.07) is 7.64. The minimum absolute atomic E-state index is 0.0704. The Labute approximate surface area is 167 Å². The monoisotopic (exact) mass is 403 g/mol. The molecule has 1 aliphatic rings. The van der Waals surface area contributed by atoms with E-state index in [0.29, 0.717) is 24.6 Å². The van der Waals surface area contributed by atoms with Crippen LogP contribution in [0.4, 0.5) is 0 Å². The van der Waals surface area contributed by atoms with E-state index in [1.54, 1.807) is 10.7 Å². The number of nitrogens with zero attached hydrogens (tertiary/aromatic N) is 2. The molecule has 1 atom stereocenters. The van der Waals surface area contributed by atoms with E-state index in [2.05, 4.69) is 30.3 Å². The van der Waals surface area contributed by atoms with Crippen molar-refractivity contribution in [2.24, 2.45) is 5.92 Å². The Bertz CT molecular complexity index is 977. The van der Waals surface area contributed by atoms with Crippen LogP contribution in [0.5, 0.6) is 0 Å².